The Balaban J connectivity index is 1.07. The molecule has 3 heteroatoms. The molecule has 0 saturated carbocycles. The van der Waals surface area contributed by atoms with Crippen molar-refractivity contribution in [2.75, 3.05) is 5.32 Å². The van der Waals surface area contributed by atoms with E-state index < -0.39 is 0 Å². The first-order valence-corrected chi connectivity index (χ1v) is 17.3. The van der Waals surface area contributed by atoms with Gasteiger partial charge in [-0.05, 0) is 94.5 Å². The van der Waals surface area contributed by atoms with Crippen molar-refractivity contribution >= 4 is 55.1 Å². The molecule has 0 spiro atoms. The minimum atomic E-state index is 0.909. The van der Waals surface area contributed by atoms with Crippen LogP contribution in [-0.2, 0) is 0 Å². The van der Waals surface area contributed by atoms with Gasteiger partial charge in [0.1, 0.15) is 11.2 Å². The van der Waals surface area contributed by atoms with Crippen molar-refractivity contribution in [1.29, 1.82) is 0 Å². The lowest BCUT2D eigenvalue weighted by atomic mass is 9.96. The largest absolute Gasteiger partial charge is 0.456 e. The zero-order chi connectivity index (χ0) is 33.7. The molecule has 0 saturated heterocycles. The van der Waals surface area contributed by atoms with Crippen LogP contribution in [0.15, 0.2) is 192 Å². The summed E-state index contributed by atoms with van der Waals surface area (Å²) in [5.41, 5.74) is 14.4. The maximum absolute atomic E-state index is 6.20. The first-order chi connectivity index (χ1) is 25.3. The quantitative estimate of drug-likeness (QED) is 0.194. The molecule has 1 N–H and O–H groups in total. The molecule has 0 aliphatic heterocycles. The minimum Gasteiger partial charge on any atom is -0.456 e. The fraction of sp³-hybridized carbons (Fsp3) is 0. The molecule has 10 rings (SSSR count). The molecule has 8 aromatic carbocycles. The maximum atomic E-state index is 6.20. The molecule has 0 atom stereocenters. The van der Waals surface area contributed by atoms with E-state index in [1.54, 1.807) is 0 Å². The second kappa shape index (κ2) is 11.9. The number of rotatable bonds is 6. The number of fused-ring (bicyclic) bond motifs is 6. The Morgan fingerprint density at radius 2 is 0.961 bits per heavy atom. The second-order valence-electron chi connectivity index (χ2n) is 13.1. The summed E-state index contributed by atoms with van der Waals surface area (Å²) in [4.78, 5) is 0. The fourth-order valence-electron chi connectivity index (χ4n) is 7.50. The lowest BCUT2D eigenvalue weighted by Gasteiger charge is -2.15. The summed E-state index contributed by atoms with van der Waals surface area (Å²) >= 11 is 0. The van der Waals surface area contributed by atoms with Gasteiger partial charge in [0.2, 0.25) is 0 Å². The van der Waals surface area contributed by atoms with Crippen molar-refractivity contribution in [1.82, 2.24) is 4.57 Å². The highest BCUT2D eigenvalue weighted by molar-refractivity contribution is 6.10. The SMILES string of the molecule is c1ccc(Nc2ccc(-c3ccc4c5ccccc5n(-c5ccc(-c6ccc7c(c6)oc6ccccc67)cc5)c4c3)cc2-c2ccccc2)cc1. The van der Waals surface area contributed by atoms with Crippen molar-refractivity contribution in [3.63, 3.8) is 0 Å². The third-order valence-corrected chi connectivity index (χ3v) is 10.0. The van der Waals surface area contributed by atoms with Crippen molar-refractivity contribution in [3.8, 4) is 39.1 Å². The van der Waals surface area contributed by atoms with Gasteiger partial charge < -0.3 is 14.3 Å². The normalized spacial score (nSPS) is 11.5. The second-order valence-corrected chi connectivity index (χ2v) is 13.1. The average molecular weight is 653 g/mol. The number of anilines is 2. The smallest absolute Gasteiger partial charge is 0.136 e. The number of para-hydroxylation sites is 3. The van der Waals surface area contributed by atoms with E-state index in [4.69, 9.17) is 4.42 Å². The lowest BCUT2D eigenvalue weighted by molar-refractivity contribution is 0.669. The number of nitrogens with one attached hydrogen (secondary N) is 1. The van der Waals surface area contributed by atoms with Crippen molar-refractivity contribution in [3.05, 3.63) is 188 Å². The minimum absolute atomic E-state index is 0.909. The Bertz CT molecular complexity index is 2860. The van der Waals surface area contributed by atoms with Gasteiger partial charge in [0.05, 0.1) is 11.0 Å². The predicted molar refractivity (Wildman–Crippen MR) is 214 cm³/mol. The van der Waals surface area contributed by atoms with Gasteiger partial charge in [0, 0.05) is 44.2 Å². The number of hydrogen-bond donors (Lipinski definition) is 1. The van der Waals surface area contributed by atoms with Crippen molar-refractivity contribution in [2.24, 2.45) is 0 Å². The molecule has 0 bridgehead atoms. The van der Waals surface area contributed by atoms with E-state index >= 15 is 0 Å². The molecule has 0 radical (unpaired) electrons. The zero-order valence-electron chi connectivity index (χ0n) is 27.8. The summed E-state index contributed by atoms with van der Waals surface area (Å²) in [7, 11) is 0. The Morgan fingerprint density at radius 3 is 1.78 bits per heavy atom. The lowest BCUT2D eigenvalue weighted by Crippen LogP contribution is -1.95. The highest BCUT2D eigenvalue weighted by Crippen LogP contribution is 2.39. The van der Waals surface area contributed by atoms with E-state index in [1.165, 1.54) is 38.5 Å². The van der Waals surface area contributed by atoms with Crippen LogP contribution in [0.25, 0.3) is 82.8 Å². The first-order valence-electron chi connectivity index (χ1n) is 17.3. The molecule has 240 valence electrons. The summed E-state index contributed by atoms with van der Waals surface area (Å²) in [6.07, 6.45) is 0. The monoisotopic (exact) mass is 652 g/mol. The molecule has 0 aliphatic carbocycles. The van der Waals surface area contributed by atoms with Crippen LogP contribution < -0.4 is 5.32 Å². The third kappa shape index (κ3) is 5.06. The van der Waals surface area contributed by atoms with E-state index in [0.717, 1.165) is 55.7 Å². The van der Waals surface area contributed by atoms with Gasteiger partial charge in [0.25, 0.3) is 0 Å². The van der Waals surface area contributed by atoms with Crippen LogP contribution in [0, 0.1) is 0 Å². The number of nitrogens with zero attached hydrogens (tertiary/aromatic N) is 1. The first kappa shape index (κ1) is 29.1. The van der Waals surface area contributed by atoms with Gasteiger partial charge >= 0.3 is 0 Å². The Labute approximate surface area is 295 Å². The molecule has 10 aromatic rings. The van der Waals surface area contributed by atoms with Crippen LogP contribution in [0.4, 0.5) is 11.4 Å². The average Bonchev–Trinajstić information content (AvgIpc) is 3.74. The van der Waals surface area contributed by atoms with Crippen LogP contribution in [0.3, 0.4) is 0 Å². The third-order valence-electron chi connectivity index (χ3n) is 10.0. The Morgan fingerprint density at radius 1 is 0.373 bits per heavy atom. The van der Waals surface area contributed by atoms with Crippen molar-refractivity contribution in [2.45, 2.75) is 0 Å². The molecule has 0 aliphatic rings. The zero-order valence-corrected chi connectivity index (χ0v) is 27.8. The van der Waals surface area contributed by atoms with E-state index in [-0.39, 0.29) is 0 Å². The van der Waals surface area contributed by atoms with Crippen LogP contribution in [0.2, 0.25) is 0 Å². The fourth-order valence-corrected chi connectivity index (χ4v) is 7.50. The number of benzene rings is 8. The topological polar surface area (TPSA) is 30.1 Å². The standard InChI is InChI=1S/C48H32N2O/c1-3-11-33(12-4-1)43-29-34(23-28-44(43)49-37-13-5-2-6-14-37)35-21-26-40-39-15-7-9-17-45(39)50(46(40)30-35)38-24-19-32(20-25-38)36-22-27-42-41-16-8-10-18-47(41)51-48(42)31-36/h1-31,49H. The van der Waals surface area contributed by atoms with Gasteiger partial charge in [-0.2, -0.15) is 0 Å². The van der Waals surface area contributed by atoms with Gasteiger partial charge in [-0.15, -0.1) is 0 Å². The molecule has 0 amide bonds. The Kier molecular flexibility index (Phi) is 6.81. The highest BCUT2D eigenvalue weighted by atomic mass is 16.3. The highest BCUT2D eigenvalue weighted by Gasteiger charge is 2.15. The maximum Gasteiger partial charge on any atom is 0.136 e. The summed E-state index contributed by atoms with van der Waals surface area (Å²) < 4.78 is 8.59. The van der Waals surface area contributed by atoms with Gasteiger partial charge in [-0.25, -0.2) is 0 Å². The molecular weight excluding hydrogens is 621 g/mol. The predicted octanol–water partition coefficient (Wildman–Crippen LogP) is 13.4. The van der Waals surface area contributed by atoms with Crippen LogP contribution in [-0.4, -0.2) is 4.57 Å². The van der Waals surface area contributed by atoms with E-state index in [2.05, 4.69) is 180 Å². The van der Waals surface area contributed by atoms with Gasteiger partial charge in [-0.1, -0.05) is 121 Å². The number of aromatic nitrogens is 1. The number of furan rings is 1. The van der Waals surface area contributed by atoms with Gasteiger partial charge in [0.15, 0.2) is 0 Å². The molecule has 2 aromatic heterocycles. The summed E-state index contributed by atoms with van der Waals surface area (Å²) in [6.45, 7) is 0. The molecule has 3 nitrogen and oxygen atoms in total. The van der Waals surface area contributed by atoms with Crippen molar-refractivity contribution < 1.29 is 4.42 Å². The summed E-state index contributed by atoms with van der Waals surface area (Å²) in [6, 6.07) is 66.9. The molecule has 0 fully saturated rings. The van der Waals surface area contributed by atoms with E-state index in [0.29, 0.717) is 0 Å². The van der Waals surface area contributed by atoms with E-state index in [1.807, 2.05) is 18.2 Å². The van der Waals surface area contributed by atoms with Crippen LogP contribution in [0.5, 0.6) is 0 Å². The molecule has 2 heterocycles. The van der Waals surface area contributed by atoms with Crippen LogP contribution >= 0.6 is 0 Å². The van der Waals surface area contributed by atoms with Gasteiger partial charge in [-0.3, -0.25) is 0 Å². The number of hydrogen-bond acceptors (Lipinski definition) is 2. The van der Waals surface area contributed by atoms with Crippen LogP contribution in [0.1, 0.15) is 0 Å². The Hall–Kier alpha value is -6.84. The molecule has 51 heavy (non-hydrogen) atoms. The summed E-state index contributed by atoms with van der Waals surface area (Å²) in [5, 5.41) is 8.42. The molecule has 0 unspecified atom stereocenters. The van der Waals surface area contributed by atoms with E-state index in [9.17, 15) is 0 Å². The molecular formula is C48H32N2O. The summed E-state index contributed by atoms with van der Waals surface area (Å²) in [5.74, 6) is 0.